The van der Waals surface area contributed by atoms with Crippen LogP contribution in [0.3, 0.4) is 0 Å². The van der Waals surface area contributed by atoms with E-state index in [9.17, 15) is 9.59 Å². The number of H-pyrrole nitrogens is 1. The van der Waals surface area contributed by atoms with Gasteiger partial charge in [0.25, 0.3) is 5.91 Å². The number of esters is 1. The maximum absolute atomic E-state index is 12.2. The summed E-state index contributed by atoms with van der Waals surface area (Å²) in [5.41, 5.74) is 4.28. The van der Waals surface area contributed by atoms with Gasteiger partial charge in [-0.05, 0) is 38.7 Å². The molecule has 1 saturated carbocycles. The standard InChI is InChI=1S/C15H22N4O3/c1-2-22-15(21)11-4-3-7-19(9-11)18-14(20)13-8-12(16-17-13)10-5-6-10/h8,10-11H,2-7,9H2,1H3,(H,16,17)(H,18,20). The minimum absolute atomic E-state index is 0.171. The van der Waals surface area contributed by atoms with Crippen molar-refractivity contribution in [1.82, 2.24) is 20.6 Å². The van der Waals surface area contributed by atoms with Crippen LogP contribution >= 0.6 is 0 Å². The summed E-state index contributed by atoms with van der Waals surface area (Å²) in [4.78, 5) is 24.0. The summed E-state index contributed by atoms with van der Waals surface area (Å²) in [6, 6.07) is 1.82. The Kier molecular flexibility index (Phi) is 4.42. The molecule has 1 aliphatic carbocycles. The number of nitrogens with one attached hydrogen (secondary N) is 2. The Morgan fingerprint density at radius 3 is 3.00 bits per heavy atom. The fourth-order valence-electron chi connectivity index (χ4n) is 2.79. The Morgan fingerprint density at radius 2 is 2.27 bits per heavy atom. The summed E-state index contributed by atoms with van der Waals surface area (Å²) in [5.74, 6) is -0.0441. The highest BCUT2D eigenvalue weighted by molar-refractivity contribution is 5.92. The van der Waals surface area contributed by atoms with Crippen molar-refractivity contribution < 1.29 is 14.3 Å². The quantitative estimate of drug-likeness (QED) is 0.798. The van der Waals surface area contributed by atoms with Crippen LogP contribution in [-0.4, -0.2) is 46.8 Å². The molecule has 2 fully saturated rings. The van der Waals surface area contributed by atoms with Crippen molar-refractivity contribution in [2.75, 3.05) is 19.7 Å². The van der Waals surface area contributed by atoms with Crippen molar-refractivity contribution in [2.45, 2.75) is 38.5 Å². The first-order chi connectivity index (χ1) is 10.7. The number of aromatic amines is 1. The maximum atomic E-state index is 12.2. The van der Waals surface area contributed by atoms with Gasteiger partial charge in [-0.25, -0.2) is 5.01 Å². The van der Waals surface area contributed by atoms with Crippen molar-refractivity contribution in [3.8, 4) is 0 Å². The third kappa shape index (κ3) is 3.47. The predicted molar refractivity (Wildman–Crippen MR) is 79.0 cm³/mol. The number of hydrogen-bond donors (Lipinski definition) is 2. The van der Waals surface area contributed by atoms with Gasteiger partial charge in [0.2, 0.25) is 0 Å². The van der Waals surface area contributed by atoms with Crippen molar-refractivity contribution in [3.63, 3.8) is 0 Å². The second kappa shape index (κ2) is 6.48. The molecule has 0 radical (unpaired) electrons. The molecule has 120 valence electrons. The molecule has 22 heavy (non-hydrogen) atoms. The Bertz CT molecular complexity index is 553. The second-order valence-corrected chi connectivity index (χ2v) is 5.96. The van der Waals surface area contributed by atoms with Crippen molar-refractivity contribution in [1.29, 1.82) is 0 Å². The van der Waals surface area contributed by atoms with Crippen LogP contribution in [-0.2, 0) is 9.53 Å². The summed E-state index contributed by atoms with van der Waals surface area (Å²) in [6.07, 6.45) is 3.99. The normalized spacial score (nSPS) is 22.3. The van der Waals surface area contributed by atoms with Gasteiger partial charge in [0.05, 0.1) is 12.5 Å². The number of rotatable bonds is 5. The molecule has 1 saturated heterocycles. The van der Waals surface area contributed by atoms with Crippen LogP contribution in [0.4, 0.5) is 0 Å². The van der Waals surface area contributed by atoms with E-state index in [1.807, 2.05) is 6.07 Å². The van der Waals surface area contributed by atoms with Gasteiger partial charge < -0.3 is 4.74 Å². The number of nitrogens with zero attached hydrogens (tertiary/aromatic N) is 2. The topological polar surface area (TPSA) is 87.3 Å². The number of hydrazine groups is 1. The van der Waals surface area contributed by atoms with Crippen LogP contribution in [0.2, 0.25) is 0 Å². The first-order valence-corrected chi connectivity index (χ1v) is 7.95. The number of carbonyl (C=O) groups excluding carboxylic acids is 2. The van der Waals surface area contributed by atoms with E-state index in [0.717, 1.165) is 37.9 Å². The number of amides is 1. The molecule has 7 nitrogen and oxygen atoms in total. The molecular formula is C15H22N4O3. The van der Waals surface area contributed by atoms with E-state index >= 15 is 0 Å². The van der Waals surface area contributed by atoms with Crippen LogP contribution in [0.5, 0.6) is 0 Å². The lowest BCUT2D eigenvalue weighted by molar-refractivity contribution is -0.150. The van der Waals surface area contributed by atoms with E-state index in [-0.39, 0.29) is 17.8 Å². The van der Waals surface area contributed by atoms with Crippen LogP contribution in [0.1, 0.15) is 54.7 Å². The van der Waals surface area contributed by atoms with Crippen molar-refractivity contribution in [2.24, 2.45) is 5.92 Å². The summed E-state index contributed by atoms with van der Waals surface area (Å²) in [5, 5.41) is 8.79. The number of ether oxygens (including phenoxy) is 1. The average molecular weight is 306 g/mol. The third-order valence-electron chi connectivity index (χ3n) is 4.15. The van der Waals surface area contributed by atoms with E-state index in [1.54, 1.807) is 11.9 Å². The Labute approximate surface area is 129 Å². The molecule has 1 aromatic heterocycles. The average Bonchev–Trinajstić information content (AvgIpc) is 3.25. The summed E-state index contributed by atoms with van der Waals surface area (Å²) < 4.78 is 5.06. The molecule has 1 aliphatic heterocycles. The van der Waals surface area contributed by atoms with Gasteiger partial charge in [0.15, 0.2) is 5.69 Å². The highest BCUT2D eigenvalue weighted by Crippen LogP contribution is 2.38. The summed E-state index contributed by atoms with van der Waals surface area (Å²) in [7, 11) is 0. The predicted octanol–water partition coefficient (Wildman–Crippen LogP) is 1.21. The van der Waals surface area contributed by atoms with Crippen LogP contribution in [0.15, 0.2) is 6.07 Å². The minimum Gasteiger partial charge on any atom is -0.466 e. The molecule has 0 bridgehead atoms. The fourth-order valence-corrected chi connectivity index (χ4v) is 2.79. The van der Waals surface area contributed by atoms with E-state index < -0.39 is 0 Å². The van der Waals surface area contributed by atoms with Gasteiger partial charge in [0, 0.05) is 24.7 Å². The van der Waals surface area contributed by atoms with Gasteiger partial charge in [-0.3, -0.25) is 20.1 Å². The first-order valence-electron chi connectivity index (χ1n) is 7.95. The molecule has 2 aliphatic rings. The minimum atomic E-state index is -0.229. The molecule has 0 aromatic carbocycles. The van der Waals surface area contributed by atoms with E-state index in [4.69, 9.17) is 4.74 Å². The lowest BCUT2D eigenvalue weighted by atomic mass is 9.99. The zero-order chi connectivity index (χ0) is 15.5. The second-order valence-electron chi connectivity index (χ2n) is 5.96. The van der Waals surface area contributed by atoms with Gasteiger partial charge >= 0.3 is 5.97 Å². The number of hydrogen-bond acceptors (Lipinski definition) is 5. The van der Waals surface area contributed by atoms with Crippen LogP contribution in [0, 0.1) is 5.92 Å². The first kappa shape index (κ1) is 15.0. The lowest BCUT2D eigenvalue weighted by Gasteiger charge is -2.31. The molecule has 1 aromatic rings. The molecule has 3 rings (SSSR count). The van der Waals surface area contributed by atoms with E-state index in [2.05, 4.69) is 15.6 Å². The lowest BCUT2D eigenvalue weighted by Crippen LogP contribution is -2.49. The monoisotopic (exact) mass is 306 g/mol. The Morgan fingerprint density at radius 1 is 1.45 bits per heavy atom. The largest absolute Gasteiger partial charge is 0.466 e. The number of carbonyl (C=O) groups is 2. The SMILES string of the molecule is CCOC(=O)C1CCCN(NC(=O)c2cc(C3CC3)[nH]n2)C1. The number of aromatic nitrogens is 2. The highest BCUT2D eigenvalue weighted by Gasteiger charge is 2.29. The number of piperidine rings is 1. The smallest absolute Gasteiger partial charge is 0.310 e. The zero-order valence-electron chi connectivity index (χ0n) is 12.8. The van der Waals surface area contributed by atoms with Crippen molar-refractivity contribution in [3.05, 3.63) is 17.5 Å². The highest BCUT2D eigenvalue weighted by atomic mass is 16.5. The molecule has 7 heteroatoms. The van der Waals surface area contributed by atoms with Crippen LogP contribution < -0.4 is 5.43 Å². The molecule has 2 heterocycles. The molecular weight excluding hydrogens is 284 g/mol. The zero-order valence-corrected chi connectivity index (χ0v) is 12.8. The fraction of sp³-hybridized carbons (Fsp3) is 0.667. The maximum Gasteiger partial charge on any atom is 0.310 e. The molecule has 1 atom stereocenters. The summed E-state index contributed by atoms with van der Waals surface area (Å²) in [6.45, 7) is 3.42. The van der Waals surface area contributed by atoms with Crippen molar-refractivity contribution >= 4 is 11.9 Å². The third-order valence-corrected chi connectivity index (χ3v) is 4.15. The molecule has 0 spiro atoms. The van der Waals surface area contributed by atoms with E-state index in [1.165, 1.54) is 0 Å². The van der Waals surface area contributed by atoms with Gasteiger partial charge in [-0.2, -0.15) is 5.10 Å². The Hall–Kier alpha value is -1.89. The van der Waals surface area contributed by atoms with Gasteiger partial charge in [-0.15, -0.1) is 0 Å². The molecule has 1 amide bonds. The van der Waals surface area contributed by atoms with Gasteiger partial charge in [0.1, 0.15) is 0 Å². The molecule has 2 N–H and O–H groups in total. The van der Waals surface area contributed by atoms with Gasteiger partial charge in [-0.1, -0.05) is 0 Å². The van der Waals surface area contributed by atoms with E-state index in [0.29, 0.717) is 24.8 Å². The Balaban J connectivity index is 1.54. The summed E-state index contributed by atoms with van der Waals surface area (Å²) >= 11 is 0. The van der Waals surface area contributed by atoms with Crippen LogP contribution in [0.25, 0.3) is 0 Å². The molecule has 1 unspecified atom stereocenters.